The molecule has 2 heterocycles. The molecule has 0 saturated carbocycles. The largest absolute Gasteiger partial charge is 0.467 e. The highest BCUT2D eigenvalue weighted by molar-refractivity contribution is 9.10. The first kappa shape index (κ1) is 21.4. The van der Waals surface area contributed by atoms with E-state index >= 15 is 0 Å². The predicted molar refractivity (Wildman–Crippen MR) is 125 cm³/mol. The van der Waals surface area contributed by atoms with Gasteiger partial charge in [0.05, 0.1) is 24.9 Å². The second-order valence-corrected chi connectivity index (χ2v) is 7.87. The van der Waals surface area contributed by atoms with Crippen molar-refractivity contribution in [3.63, 3.8) is 0 Å². The molecule has 0 bridgehead atoms. The maximum Gasteiger partial charge on any atom is 0.330 e. The summed E-state index contributed by atoms with van der Waals surface area (Å²) in [5, 5.41) is 0. The Hall–Kier alpha value is -3.85. The summed E-state index contributed by atoms with van der Waals surface area (Å²) in [6.07, 6.45) is 1.47. The van der Waals surface area contributed by atoms with Crippen molar-refractivity contribution in [3.05, 3.63) is 115 Å². The van der Waals surface area contributed by atoms with Crippen LogP contribution >= 0.6 is 15.9 Å². The van der Waals surface area contributed by atoms with Gasteiger partial charge < -0.3 is 10.2 Å². The number of nitrogens with two attached hydrogens (primary N) is 1. The van der Waals surface area contributed by atoms with Gasteiger partial charge in [-0.2, -0.15) is 0 Å². The first-order valence-electron chi connectivity index (χ1n) is 9.71. The maximum atomic E-state index is 13.5. The number of furan rings is 1. The molecule has 4 aromatic rings. The lowest BCUT2D eigenvalue weighted by atomic mass is 10.1. The lowest BCUT2D eigenvalue weighted by Crippen LogP contribution is -2.41. The van der Waals surface area contributed by atoms with Crippen LogP contribution < -0.4 is 21.9 Å². The van der Waals surface area contributed by atoms with E-state index in [9.17, 15) is 14.4 Å². The second kappa shape index (κ2) is 9.11. The Morgan fingerprint density at radius 3 is 2.44 bits per heavy atom. The van der Waals surface area contributed by atoms with Crippen molar-refractivity contribution < 1.29 is 9.21 Å². The van der Waals surface area contributed by atoms with Gasteiger partial charge in [-0.25, -0.2) is 4.79 Å². The molecule has 0 atom stereocenters. The van der Waals surface area contributed by atoms with Crippen LogP contribution in [0, 0.1) is 0 Å². The lowest BCUT2D eigenvalue weighted by molar-refractivity contribution is 0.0982. The number of nitrogens with zero attached hydrogens (tertiary/aromatic N) is 2. The summed E-state index contributed by atoms with van der Waals surface area (Å²) in [6, 6.07) is 19.4. The highest BCUT2D eigenvalue weighted by Gasteiger charge is 2.27. The molecular formula is C23H19BrN4O4. The number of benzene rings is 2. The van der Waals surface area contributed by atoms with Crippen LogP contribution in [0.25, 0.3) is 0 Å². The van der Waals surface area contributed by atoms with Gasteiger partial charge in [-0.15, -0.1) is 0 Å². The summed E-state index contributed by atoms with van der Waals surface area (Å²) in [7, 11) is 0. The molecule has 9 heteroatoms. The molecule has 162 valence electrons. The second-order valence-electron chi connectivity index (χ2n) is 7.02. The first-order valence-corrected chi connectivity index (χ1v) is 10.5. The third kappa shape index (κ3) is 4.28. The van der Waals surface area contributed by atoms with Gasteiger partial charge in [0.15, 0.2) is 5.69 Å². The van der Waals surface area contributed by atoms with E-state index in [0.717, 1.165) is 5.56 Å². The molecule has 0 aliphatic heterocycles. The third-order valence-corrected chi connectivity index (χ3v) is 5.60. The van der Waals surface area contributed by atoms with Gasteiger partial charge in [-0.05, 0) is 45.8 Å². The fourth-order valence-corrected chi connectivity index (χ4v) is 3.81. The monoisotopic (exact) mass is 494 g/mol. The van der Waals surface area contributed by atoms with Crippen LogP contribution in [0.15, 0.2) is 91.5 Å². The number of anilines is 2. The van der Waals surface area contributed by atoms with Crippen molar-refractivity contribution in [2.45, 2.75) is 13.1 Å². The van der Waals surface area contributed by atoms with Crippen LogP contribution in [-0.2, 0) is 13.1 Å². The van der Waals surface area contributed by atoms with Crippen molar-refractivity contribution in [3.8, 4) is 0 Å². The molecule has 3 N–H and O–H groups in total. The molecule has 32 heavy (non-hydrogen) atoms. The average Bonchev–Trinajstić information content (AvgIpc) is 3.30. The van der Waals surface area contributed by atoms with Gasteiger partial charge in [0.2, 0.25) is 0 Å². The molecule has 8 nitrogen and oxygen atoms in total. The van der Waals surface area contributed by atoms with E-state index in [0.29, 0.717) is 15.8 Å². The van der Waals surface area contributed by atoms with Gasteiger partial charge >= 0.3 is 5.69 Å². The molecule has 2 aromatic carbocycles. The highest BCUT2D eigenvalue weighted by atomic mass is 79.9. The van der Waals surface area contributed by atoms with Gasteiger partial charge in [-0.3, -0.25) is 24.0 Å². The third-order valence-electron chi connectivity index (χ3n) is 4.91. The molecule has 0 saturated heterocycles. The minimum atomic E-state index is -0.760. The van der Waals surface area contributed by atoms with Gasteiger partial charge in [0.1, 0.15) is 11.6 Å². The number of amides is 1. The van der Waals surface area contributed by atoms with Crippen LogP contribution in [-0.4, -0.2) is 15.5 Å². The highest BCUT2D eigenvalue weighted by Crippen LogP contribution is 2.25. The average molecular weight is 495 g/mol. The topological polar surface area (TPSA) is 114 Å². The summed E-state index contributed by atoms with van der Waals surface area (Å²) in [4.78, 5) is 42.4. The molecule has 0 radical (unpaired) electrons. The Balaban J connectivity index is 1.86. The molecule has 0 fully saturated rings. The van der Waals surface area contributed by atoms with Crippen LogP contribution in [0.5, 0.6) is 0 Å². The number of nitrogens with one attached hydrogen (secondary N) is 1. The van der Waals surface area contributed by atoms with Crippen molar-refractivity contribution >= 4 is 33.3 Å². The van der Waals surface area contributed by atoms with Crippen LogP contribution in [0.3, 0.4) is 0 Å². The first-order chi connectivity index (χ1) is 15.5. The normalized spacial score (nSPS) is 10.8. The number of hydrogen-bond donors (Lipinski definition) is 2. The van der Waals surface area contributed by atoms with Crippen molar-refractivity contribution in [2.75, 3.05) is 10.6 Å². The van der Waals surface area contributed by atoms with E-state index in [-0.39, 0.29) is 24.6 Å². The Morgan fingerprint density at radius 2 is 1.75 bits per heavy atom. The summed E-state index contributed by atoms with van der Waals surface area (Å²) in [6.45, 7) is 0.0804. The molecule has 4 rings (SSSR count). The van der Waals surface area contributed by atoms with Crippen LogP contribution in [0.1, 0.15) is 21.7 Å². The fourth-order valence-electron chi connectivity index (χ4n) is 3.35. The Labute approximate surface area is 191 Å². The minimum Gasteiger partial charge on any atom is -0.467 e. The molecule has 0 spiro atoms. The Kier molecular flexibility index (Phi) is 6.09. The quantitative estimate of drug-likeness (QED) is 0.426. The van der Waals surface area contributed by atoms with Crippen LogP contribution in [0.2, 0.25) is 0 Å². The number of H-pyrrole nitrogens is 1. The number of aromatic nitrogens is 2. The van der Waals surface area contributed by atoms with E-state index in [1.54, 1.807) is 36.4 Å². The number of halogens is 1. The molecule has 2 aromatic heterocycles. The number of aromatic amines is 1. The molecule has 0 aliphatic carbocycles. The predicted octanol–water partition coefficient (Wildman–Crippen LogP) is 3.37. The molecular weight excluding hydrogens is 476 g/mol. The Bertz CT molecular complexity index is 1360. The maximum absolute atomic E-state index is 13.5. The number of rotatable bonds is 6. The standard InChI is InChI=1S/C23H19BrN4O4/c24-18-11-5-4-10-17(18)22(30)27(14-16-9-6-12-32-16)19-20(25)28(23(31)26-21(19)29)13-15-7-2-1-3-8-15/h1-12H,13-14,25H2,(H,26,29,31). The van der Waals surface area contributed by atoms with E-state index in [1.165, 1.54) is 15.7 Å². The minimum absolute atomic E-state index is 0.0516. The van der Waals surface area contributed by atoms with E-state index in [2.05, 4.69) is 20.9 Å². The number of carbonyl (C=O) groups excluding carboxylic acids is 1. The zero-order valence-electron chi connectivity index (χ0n) is 16.8. The summed E-state index contributed by atoms with van der Waals surface area (Å²) < 4.78 is 7.19. The smallest absolute Gasteiger partial charge is 0.330 e. The Morgan fingerprint density at radius 1 is 1.03 bits per heavy atom. The van der Waals surface area contributed by atoms with Gasteiger partial charge in [-0.1, -0.05) is 42.5 Å². The van der Waals surface area contributed by atoms with Crippen LogP contribution in [0.4, 0.5) is 11.5 Å². The summed E-state index contributed by atoms with van der Waals surface area (Å²) >= 11 is 3.38. The number of hydrogen-bond acceptors (Lipinski definition) is 5. The lowest BCUT2D eigenvalue weighted by Gasteiger charge is -2.24. The molecule has 0 aliphatic rings. The van der Waals surface area contributed by atoms with Gasteiger partial charge in [0.25, 0.3) is 11.5 Å². The molecule has 1 amide bonds. The zero-order chi connectivity index (χ0) is 22.7. The zero-order valence-corrected chi connectivity index (χ0v) is 18.4. The van der Waals surface area contributed by atoms with Crippen molar-refractivity contribution in [1.82, 2.24) is 9.55 Å². The van der Waals surface area contributed by atoms with Crippen molar-refractivity contribution in [1.29, 1.82) is 0 Å². The van der Waals surface area contributed by atoms with Gasteiger partial charge in [0, 0.05) is 4.47 Å². The number of carbonyl (C=O) groups is 1. The molecule has 0 unspecified atom stereocenters. The van der Waals surface area contributed by atoms with E-state index < -0.39 is 17.2 Å². The number of nitrogen functional groups attached to an aromatic ring is 1. The summed E-state index contributed by atoms with van der Waals surface area (Å²) in [5.74, 6) is -0.143. The summed E-state index contributed by atoms with van der Waals surface area (Å²) in [5.41, 5.74) is 5.92. The SMILES string of the molecule is Nc1c(N(Cc2ccco2)C(=O)c2ccccc2Br)c(=O)[nH]c(=O)n1Cc1ccccc1. The fraction of sp³-hybridized carbons (Fsp3) is 0.0870. The van der Waals surface area contributed by atoms with Crippen molar-refractivity contribution in [2.24, 2.45) is 0 Å². The van der Waals surface area contributed by atoms with E-state index in [4.69, 9.17) is 10.2 Å². The van der Waals surface area contributed by atoms with E-state index in [1.807, 2.05) is 30.3 Å².